The van der Waals surface area contributed by atoms with Gasteiger partial charge in [0.25, 0.3) is 0 Å². The number of nitriles is 1. The molecule has 4 rings (SSSR count). The van der Waals surface area contributed by atoms with E-state index in [1.54, 1.807) is 6.20 Å². The van der Waals surface area contributed by atoms with Gasteiger partial charge in [-0.2, -0.15) is 10.4 Å². The fourth-order valence-electron chi connectivity index (χ4n) is 3.16. The molecule has 0 fully saturated rings. The molecule has 1 aliphatic carbocycles. The van der Waals surface area contributed by atoms with Crippen molar-refractivity contribution >= 4 is 5.82 Å². The van der Waals surface area contributed by atoms with Gasteiger partial charge in [-0.15, -0.1) is 0 Å². The zero-order valence-corrected chi connectivity index (χ0v) is 12.4. The molecule has 24 heavy (non-hydrogen) atoms. The molecule has 0 aliphatic heterocycles. The first kappa shape index (κ1) is 14.3. The molecule has 0 radical (unpaired) electrons. The molecule has 7 heteroatoms. The predicted molar refractivity (Wildman–Crippen MR) is 83.7 cm³/mol. The zero-order chi connectivity index (χ0) is 16.8. The van der Waals surface area contributed by atoms with Crippen molar-refractivity contribution in [2.75, 3.05) is 5.73 Å². The van der Waals surface area contributed by atoms with Gasteiger partial charge >= 0.3 is 0 Å². The van der Waals surface area contributed by atoms with Gasteiger partial charge in [-0.25, -0.2) is 13.8 Å². The summed E-state index contributed by atoms with van der Waals surface area (Å²) in [7, 11) is 0. The smallest absolute Gasteiger partial charge is 0.142 e. The molecule has 3 aromatic rings. The van der Waals surface area contributed by atoms with E-state index < -0.39 is 11.6 Å². The Hall–Kier alpha value is -3.27. The summed E-state index contributed by atoms with van der Waals surface area (Å²) in [5.41, 5.74) is 9.23. The summed E-state index contributed by atoms with van der Waals surface area (Å²) >= 11 is 0. The summed E-state index contributed by atoms with van der Waals surface area (Å²) in [5.74, 6) is -1.21. The Kier molecular flexibility index (Phi) is 3.06. The molecule has 2 heterocycles. The van der Waals surface area contributed by atoms with Gasteiger partial charge in [-0.3, -0.25) is 5.10 Å². The third-order valence-corrected chi connectivity index (χ3v) is 4.23. The highest BCUT2D eigenvalue weighted by Gasteiger charge is 2.27. The summed E-state index contributed by atoms with van der Waals surface area (Å²) in [4.78, 5) is 4.32. The Morgan fingerprint density at radius 2 is 2.04 bits per heavy atom. The third kappa shape index (κ3) is 1.97. The van der Waals surface area contributed by atoms with Crippen LogP contribution in [0.5, 0.6) is 0 Å². The number of nitrogens with one attached hydrogen (secondary N) is 1. The Balaban J connectivity index is 2.11. The first-order valence-corrected chi connectivity index (χ1v) is 7.30. The van der Waals surface area contributed by atoms with Gasteiger partial charge in [-0.05, 0) is 36.6 Å². The van der Waals surface area contributed by atoms with Gasteiger partial charge in [0.15, 0.2) is 0 Å². The van der Waals surface area contributed by atoms with Crippen LogP contribution in [0.4, 0.5) is 14.6 Å². The number of aromatic amines is 1. The molecule has 0 saturated carbocycles. The number of H-pyrrole nitrogens is 1. The Bertz CT molecular complexity index is 1020. The molecule has 118 valence electrons. The van der Waals surface area contributed by atoms with E-state index in [0.717, 1.165) is 29.5 Å². The number of hydrogen-bond donors (Lipinski definition) is 2. The molecule has 0 amide bonds. The number of hydrogen-bond acceptors (Lipinski definition) is 4. The fourth-order valence-corrected chi connectivity index (χ4v) is 3.16. The highest BCUT2D eigenvalue weighted by molar-refractivity contribution is 5.86. The second-order valence-corrected chi connectivity index (χ2v) is 5.57. The average molecular weight is 323 g/mol. The lowest BCUT2D eigenvalue weighted by molar-refractivity contribution is 0.603. The van der Waals surface area contributed by atoms with Crippen LogP contribution >= 0.6 is 0 Å². The van der Waals surface area contributed by atoms with E-state index in [-0.39, 0.29) is 16.9 Å². The molecular weight excluding hydrogens is 312 g/mol. The second-order valence-electron chi connectivity index (χ2n) is 5.57. The normalized spacial score (nSPS) is 12.4. The van der Waals surface area contributed by atoms with E-state index in [4.69, 9.17) is 5.73 Å². The summed E-state index contributed by atoms with van der Waals surface area (Å²) in [5, 5.41) is 16.4. The number of nitrogen functional groups attached to an aromatic ring is 1. The maximum atomic E-state index is 14.4. The molecule has 0 bridgehead atoms. The van der Waals surface area contributed by atoms with Gasteiger partial charge < -0.3 is 5.73 Å². The minimum Gasteiger partial charge on any atom is -0.383 e. The van der Waals surface area contributed by atoms with Crippen LogP contribution in [-0.2, 0) is 12.8 Å². The summed E-state index contributed by atoms with van der Waals surface area (Å²) < 4.78 is 28.0. The molecule has 0 spiro atoms. The van der Waals surface area contributed by atoms with Crippen molar-refractivity contribution in [1.29, 1.82) is 5.26 Å². The molecule has 3 N–H and O–H groups in total. The highest BCUT2D eigenvalue weighted by Crippen LogP contribution is 2.41. The lowest BCUT2D eigenvalue weighted by atomic mass is 9.85. The van der Waals surface area contributed by atoms with E-state index in [2.05, 4.69) is 15.2 Å². The van der Waals surface area contributed by atoms with Crippen LogP contribution in [0.1, 0.15) is 16.8 Å². The number of anilines is 1. The van der Waals surface area contributed by atoms with Crippen molar-refractivity contribution in [1.82, 2.24) is 15.2 Å². The SMILES string of the molecule is N#Cc1c(N)nc2c(c1-c1cc(F)ccc1F)CCc1[nH]ncc1-2. The summed E-state index contributed by atoms with van der Waals surface area (Å²) in [6.07, 6.45) is 2.79. The number of benzene rings is 1. The number of fused-ring (bicyclic) bond motifs is 3. The number of rotatable bonds is 1. The van der Waals surface area contributed by atoms with Crippen LogP contribution in [0.3, 0.4) is 0 Å². The van der Waals surface area contributed by atoms with Crippen molar-refractivity contribution in [2.45, 2.75) is 12.8 Å². The van der Waals surface area contributed by atoms with Crippen LogP contribution in [0.15, 0.2) is 24.4 Å². The van der Waals surface area contributed by atoms with Crippen molar-refractivity contribution in [3.63, 3.8) is 0 Å². The molecule has 0 unspecified atom stereocenters. The summed E-state index contributed by atoms with van der Waals surface area (Å²) in [6.45, 7) is 0. The van der Waals surface area contributed by atoms with Gasteiger partial charge in [0, 0.05) is 22.4 Å². The lowest BCUT2D eigenvalue weighted by Gasteiger charge is -2.21. The molecule has 5 nitrogen and oxygen atoms in total. The Morgan fingerprint density at radius 3 is 2.83 bits per heavy atom. The molecule has 2 aromatic heterocycles. The molecule has 0 saturated heterocycles. The largest absolute Gasteiger partial charge is 0.383 e. The zero-order valence-electron chi connectivity index (χ0n) is 12.4. The summed E-state index contributed by atoms with van der Waals surface area (Å²) in [6, 6.07) is 5.14. The first-order chi connectivity index (χ1) is 11.6. The van der Waals surface area contributed by atoms with E-state index >= 15 is 0 Å². The fraction of sp³-hybridized carbons (Fsp3) is 0.118. The maximum Gasteiger partial charge on any atom is 0.142 e. The predicted octanol–water partition coefficient (Wildman–Crippen LogP) is 2.97. The Morgan fingerprint density at radius 1 is 1.21 bits per heavy atom. The van der Waals surface area contributed by atoms with E-state index in [1.165, 1.54) is 0 Å². The van der Waals surface area contributed by atoms with Gasteiger partial charge in [0.05, 0.1) is 11.9 Å². The van der Waals surface area contributed by atoms with Crippen molar-refractivity contribution in [2.24, 2.45) is 0 Å². The average Bonchev–Trinajstić information content (AvgIpc) is 3.05. The Labute approximate surface area is 135 Å². The minimum absolute atomic E-state index is 0.0102. The van der Waals surface area contributed by atoms with E-state index in [9.17, 15) is 14.0 Å². The maximum absolute atomic E-state index is 14.4. The lowest BCUT2D eigenvalue weighted by Crippen LogP contribution is -2.11. The minimum atomic E-state index is -0.612. The number of halogens is 2. The number of aryl methyl sites for hydroxylation is 1. The molecule has 1 aliphatic rings. The van der Waals surface area contributed by atoms with Crippen molar-refractivity contribution in [3.05, 3.63) is 52.9 Å². The number of pyridine rings is 1. The highest BCUT2D eigenvalue weighted by atomic mass is 19.1. The van der Waals surface area contributed by atoms with Crippen LogP contribution in [0, 0.1) is 23.0 Å². The number of nitrogens with zero attached hydrogens (tertiary/aromatic N) is 3. The van der Waals surface area contributed by atoms with E-state index in [1.807, 2.05) is 6.07 Å². The first-order valence-electron chi connectivity index (χ1n) is 7.30. The van der Waals surface area contributed by atoms with Crippen LogP contribution < -0.4 is 5.73 Å². The van der Waals surface area contributed by atoms with E-state index in [0.29, 0.717) is 29.7 Å². The van der Waals surface area contributed by atoms with Crippen LogP contribution in [-0.4, -0.2) is 15.2 Å². The standard InChI is InChI=1S/C17H11F2N5/c18-8-1-3-13(19)10(5-8)15-9-2-4-14-12(7-22-24-14)16(9)23-17(21)11(15)6-20/h1,3,5,7H,2,4H2,(H2,21,23)(H,22,24). The number of aromatic nitrogens is 3. The third-order valence-electron chi connectivity index (χ3n) is 4.23. The van der Waals surface area contributed by atoms with Gasteiger partial charge in [-0.1, -0.05) is 0 Å². The second kappa shape index (κ2) is 5.13. The van der Waals surface area contributed by atoms with Crippen molar-refractivity contribution in [3.8, 4) is 28.5 Å². The van der Waals surface area contributed by atoms with Gasteiger partial charge in [0.1, 0.15) is 29.1 Å². The quantitative estimate of drug-likeness (QED) is 0.720. The van der Waals surface area contributed by atoms with Crippen LogP contribution in [0.25, 0.3) is 22.4 Å². The van der Waals surface area contributed by atoms with Crippen molar-refractivity contribution < 1.29 is 8.78 Å². The molecule has 1 aromatic carbocycles. The number of nitrogens with two attached hydrogens (primary N) is 1. The molecular formula is C17H11F2N5. The van der Waals surface area contributed by atoms with Crippen LogP contribution in [0.2, 0.25) is 0 Å². The van der Waals surface area contributed by atoms with Gasteiger partial charge in [0.2, 0.25) is 0 Å². The topological polar surface area (TPSA) is 91.4 Å². The molecule has 0 atom stereocenters. The monoisotopic (exact) mass is 323 g/mol.